The molecule has 72 valence electrons. The van der Waals surface area contributed by atoms with Gasteiger partial charge in [0.05, 0.1) is 6.54 Å². The zero-order valence-electron chi connectivity index (χ0n) is 7.45. The molecule has 0 saturated heterocycles. The number of ketones is 1. The summed E-state index contributed by atoms with van der Waals surface area (Å²) in [7, 11) is 3.64. The van der Waals surface area contributed by atoms with Crippen LogP contribution in [0.4, 0.5) is 0 Å². The predicted octanol–water partition coefficient (Wildman–Crippen LogP) is 0.119. The Bertz CT molecular complexity index is 170. The SMILES string of the molecule is CN(C)CC(=O)CCCS(=O)O. The molecule has 1 unspecified atom stereocenters. The molecule has 0 amide bonds. The van der Waals surface area contributed by atoms with Crippen molar-refractivity contribution in [1.29, 1.82) is 0 Å². The van der Waals surface area contributed by atoms with Crippen LogP contribution in [0, 0.1) is 0 Å². The monoisotopic (exact) mass is 193 g/mol. The number of likely N-dealkylation sites (N-methyl/N-ethyl adjacent to an activating group) is 1. The van der Waals surface area contributed by atoms with Gasteiger partial charge in [0.1, 0.15) is 5.78 Å². The third kappa shape index (κ3) is 7.84. The fourth-order valence-corrected chi connectivity index (χ4v) is 1.22. The lowest BCUT2D eigenvalue weighted by Crippen LogP contribution is -2.21. The maximum absolute atomic E-state index is 11.0. The average Bonchev–Trinajstić information content (AvgIpc) is 1.84. The largest absolute Gasteiger partial charge is 0.306 e. The van der Waals surface area contributed by atoms with E-state index in [2.05, 4.69) is 0 Å². The summed E-state index contributed by atoms with van der Waals surface area (Å²) in [6.07, 6.45) is 0.889. The van der Waals surface area contributed by atoms with E-state index in [9.17, 15) is 9.00 Å². The van der Waals surface area contributed by atoms with Crippen LogP contribution in [0.25, 0.3) is 0 Å². The van der Waals surface area contributed by atoms with Crippen LogP contribution in [0.1, 0.15) is 12.8 Å². The van der Waals surface area contributed by atoms with Gasteiger partial charge in [-0.3, -0.25) is 4.79 Å². The molecule has 0 fully saturated rings. The highest BCUT2D eigenvalue weighted by Gasteiger charge is 2.03. The number of rotatable bonds is 6. The Morgan fingerprint density at radius 3 is 2.50 bits per heavy atom. The molecule has 0 aliphatic heterocycles. The van der Waals surface area contributed by atoms with Gasteiger partial charge >= 0.3 is 0 Å². The van der Waals surface area contributed by atoms with E-state index in [0.717, 1.165) is 0 Å². The number of hydrogen-bond acceptors (Lipinski definition) is 3. The molecule has 0 heterocycles. The topological polar surface area (TPSA) is 57.6 Å². The molecule has 0 saturated carbocycles. The van der Waals surface area contributed by atoms with Crippen LogP contribution < -0.4 is 0 Å². The lowest BCUT2D eigenvalue weighted by atomic mass is 10.2. The molecule has 0 aromatic carbocycles. The van der Waals surface area contributed by atoms with Gasteiger partial charge in [-0.1, -0.05) is 0 Å². The van der Waals surface area contributed by atoms with Gasteiger partial charge in [0, 0.05) is 12.2 Å². The Kier molecular flexibility index (Phi) is 6.14. The Hall–Kier alpha value is -0.260. The second-order valence-corrected chi connectivity index (χ2v) is 3.96. The Morgan fingerprint density at radius 1 is 1.50 bits per heavy atom. The van der Waals surface area contributed by atoms with Crippen LogP contribution in [-0.4, -0.2) is 45.8 Å². The molecule has 0 aliphatic rings. The van der Waals surface area contributed by atoms with Crippen LogP contribution in [0.15, 0.2) is 0 Å². The molecule has 5 heteroatoms. The van der Waals surface area contributed by atoms with Crippen LogP contribution in [0.2, 0.25) is 0 Å². The predicted molar refractivity (Wildman–Crippen MR) is 48.4 cm³/mol. The quantitative estimate of drug-likeness (QED) is 0.609. The third-order valence-electron chi connectivity index (χ3n) is 1.27. The summed E-state index contributed by atoms with van der Waals surface area (Å²) in [5, 5.41) is 0. The van der Waals surface area contributed by atoms with Gasteiger partial charge in [-0.15, -0.1) is 0 Å². The third-order valence-corrected chi connectivity index (χ3v) is 1.91. The van der Waals surface area contributed by atoms with E-state index in [1.165, 1.54) is 0 Å². The summed E-state index contributed by atoms with van der Waals surface area (Å²) in [4.78, 5) is 12.8. The van der Waals surface area contributed by atoms with Crippen molar-refractivity contribution in [2.24, 2.45) is 0 Å². The van der Waals surface area contributed by atoms with E-state index in [-0.39, 0.29) is 11.5 Å². The zero-order valence-corrected chi connectivity index (χ0v) is 8.26. The minimum absolute atomic E-state index is 0.116. The average molecular weight is 193 g/mol. The number of nitrogens with zero attached hydrogens (tertiary/aromatic N) is 1. The van der Waals surface area contributed by atoms with Crippen molar-refractivity contribution in [3.8, 4) is 0 Å². The highest BCUT2D eigenvalue weighted by atomic mass is 32.2. The fourth-order valence-electron chi connectivity index (χ4n) is 0.825. The molecule has 0 radical (unpaired) electrons. The van der Waals surface area contributed by atoms with Crippen LogP contribution >= 0.6 is 0 Å². The molecule has 0 spiro atoms. The number of Topliss-reactive ketones (excluding diaryl/α,β-unsaturated/α-hetero) is 1. The van der Waals surface area contributed by atoms with Crippen molar-refractivity contribution in [3.63, 3.8) is 0 Å². The van der Waals surface area contributed by atoms with E-state index in [1.807, 2.05) is 14.1 Å². The van der Waals surface area contributed by atoms with Gasteiger partial charge in [-0.05, 0) is 20.5 Å². The number of carbonyl (C=O) groups is 1. The van der Waals surface area contributed by atoms with Gasteiger partial charge in [0.15, 0.2) is 11.1 Å². The smallest absolute Gasteiger partial charge is 0.152 e. The maximum atomic E-state index is 11.0. The first-order valence-electron chi connectivity index (χ1n) is 3.76. The molecule has 0 aromatic heterocycles. The first kappa shape index (κ1) is 11.7. The van der Waals surface area contributed by atoms with Crippen molar-refractivity contribution < 1.29 is 13.6 Å². The Labute approximate surface area is 75.2 Å². The highest BCUT2D eigenvalue weighted by Crippen LogP contribution is 1.93. The van der Waals surface area contributed by atoms with Gasteiger partial charge in [0.25, 0.3) is 0 Å². The second-order valence-electron chi connectivity index (χ2n) is 2.91. The van der Waals surface area contributed by atoms with Gasteiger partial charge in [-0.25, -0.2) is 4.21 Å². The van der Waals surface area contributed by atoms with Crippen LogP contribution in [-0.2, 0) is 15.9 Å². The van der Waals surface area contributed by atoms with Crippen molar-refractivity contribution in [2.45, 2.75) is 12.8 Å². The molecule has 0 rings (SSSR count). The standard InChI is InChI=1S/C7H15NO3S/c1-8(2)6-7(9)4-3-5-12(10)11/h3-6H2,1-2H3,(H,10,11). The van der Waals surface area contributed by atoms with Crippen molar-refractivity contribution in [3.05, 3.63) is 0 Å². The highest BCUT2D eigenvalue weighted by molar-refractivity contribution is 7.79. The van der Waals surface area contributed by atoms with Gasteiger partial charge in [-0.2, -0.15) is 0 Å². The van der Waals surface area contributed by atoms with E-state index < -0.39 is 11.1 Å². The van der Waals surface area contributed by atoms with Crippen molar-refractivity contribution >= 4 is 16.9 Å². The molecule has 1 N–H and O–H groups in total. The summed E-state index contributed by atoms with van der Waals surface area (Å²) in [5.41, 5.74) is 0. The Balaban J connectivity index is 3.38. The lowest BCUT2D eigenvalue weighted by Gasteiger charge is -2.06. The molecular formula is C7H15NO3S. The molecule has 1 atom stereocenters. The van der Waals surface area contributed by atoms with E-state index in [1.54, 1.807) is 4.90 Å². The maximum Gasteiger partial charge on any atom is 0.152 e. The minimum Gasteiger partial charge on any atom is -0.306 e. The second kappa shape index (κ2) is 6.28. The summed E-state index contributed by atoms with van der Waals surface area (Å²) in [6, 6.07) is 0. The van der Waals surface area contributed by atoms with Gasteiger partial charge in [0.2, 0.25) is 0 Å². The lowest BCUT2D eigenvalue weighted by molar-refractivity contribution is -0.119. The molecular weight excluding hydrogens is 178 g/mol. The van der Waals surface area contributed by atoms with Crippen molar-refractivity contribution in [2.75, 3.05) is 26.4 Å². The summed E-state index contributed by atoms with van der Waals surface area (Å²) in [5.74, 6) is 0.310. The van der Waals surface area contributed by atoms with Gasteiger partial charge < -0.3 is 9.45 Å². The molecule has 0 aliphatic carbocycles. The van der Waals surface area contributed by atoms with Crippen molar-refractivity contribution in [1.82, 2.24) is 4.90 Å². The van der Waals surface area contributed by atoms with E-state index >= 15 is 0 Å². The molecule has 12 heavy (non-hydrogen) atoms. The molecule has 4 nitrogen and oxygen atoms in total. The first-order valence-corrected chi connectivity index (χ1v) is 5.04. The van der Waals surface area contributed by atoms with Crippen LogP contribution in [0.5, 0.6) is 0 Å². The van der Waals surface area contributed by atoms with Crippen LogP contribution in [0.3, 0.4) is 0 Å². The minimum atomic E-state index is -1.76. The summed E-state index contributed by atoms with van der Waals surface area (Å²) >= 11 is -1.76. The molecule has 0 bridgehead atoms. The summed E-state index contributed by atoms with van der Waals surface area (Å²) in [6.45, 7) is 0.415. The fraction of sp³-hybridized carbons (Fsp3) is 0.857. The number of carbonyl (C=O) groups excluding carboxylic acids is 1. The Morgan fingerprint density at radius 2 is 2.08 bits per heavy atom. The normalized spacial score (nSPS) is 13.3. The summed E-state index contributed by atoms with van der Waals surface area (Å²) < 4.78 is 18.6. The number of hydrogen-bond donors (Lipinski definition) is 1. The zero-order chi connectivity index (χ0) is 9.56. The molecule has 0 aromatic rings. The first-order chi connectivity index (χ1) is 5.52. The van der Waals surface area contributed by atoms with E-state index in [4.69, 9.17) is 4.55 Å². The van der Waals surface area contributed by atoms with E-state index in [0.29, 0.717) is 19.4 Å².